The number of hydrogen-bond acceptors (Lipinski definition) is 1. The van der Waals surface area contributed by atoms with Crippen molar-refractivity contribution in [1.29, 1.82) is 0 Å². The first kappa shape index (κ1) is 10.8. The molecule has 6 heteroatoms. The third kappa shape index (κ3) is 2.17. The molecule has 0 aromatic heterocycles. The quantitative estimate of drug-likeness (QED) is 0.539. The van der Waals surface area contributed by atoms with Gasteiger partial charge in [-0.1, -0.05) is 0 Å². The van der Waals surface area contributed by atoms with Crippen LogP contribution in [0.1, 0.15) is 5.56 Å². The molecule has 0 aliphatic heterocycles. The van der Waals surface area contributed by atoms with Crippen LogP contribution in [0.25, 0.3) is 0 Å². The van der Waals surface area contributed by atoms with Crippen LogP contribution >= 0.6 is 28.6 Å². The Morgan fingerprint density at radius 2 is 1.77 bits per heavy atom. The number of thiol groups is 1. The average molecular weight is 275 g/mol. The predicted molar refractivity (Wildman–Crippen MR) is 46.4 cm³/mol. The third-order valence-corrected chi connectivity index (χ3v) is 2.94. The van der Waals surface area contributed by atoms with Gasteiger partial charge in [-0.2, -0.15) is 13.2 Å². The van der Waals surface area contributed by atoms with Crippen molar-refractivity contribution >= 4 is 28.6 Å². The van der Waals surface area contributed by atoms with E-state index >= 15 is 0 Å². The van der Waals surface area contributed by atoms with Crippen LogP contribution in [0.5, 0.6) is 0 Å². The predicted octanol–water partition coefficient (Wildman–Crippen LogP) is 3.90. The largest absolute Gasteiger partial charge is 0.417 e. The van der Waals surface area contributed by atoms with Crippen molar-refractivity contribution in [3.8, 4) is 0 Å². The van der Waals surface area contributed by atoms with Gasteiger partial charge in [0.2, 0.25) is 0 Å². The molecule has 0 N–H and O–H groups in total. The molecular formula is C7H3BrF4S. The maximum absolute atomic E-state index is 12.7. The van der Waals surface area contributed by atoms with E-state index in [9.17, 15) is 17.6 Å². The Morgan fingerprint density at radius 3 is 2.23 bits per heavy atom. The lowest BCUT2D eigenvalue weighted by Crippen LogP contribution is -2.06. The second-order valence-electron chi connectivity index (χ2n) is 2.26. The Bertz CT molecular complexity index is 334. The standard InChI is InChI=1S/C7H3BrF4S/c8-5-3(7(10,11)12)1-2-4(9)6(5)13/h1-2,13H. The Balaban J connectivity index is 3.35. The highest BCUT2D eigenvalue weighted by atomic mass is 79.9. The van der Waals surface area contributed by atoms with Crippen LogP contribution in [-0.2, 0) is 6.18 Å². The lowest BCUT2D eigenvalue weighted by atomic mass is 10.2. The van der Waals surface area contributed by atoms with Crippen LogP contribution in [0, 0.1) is 5.82 Å². The van der Waals surface area contributed by atoms with Gasteiger partial charge in [0.15, 0.2) is 0 Å². The van der Waals surface area contributed by atoms with E-state index in [1.165, 1.54) is 0 Å². The van der Waals surface area contributed by atoms with Gasteiger partial charge >= 0.3 is 6.18 Å². The summed E-state index contributed by atoms with van der Waals surface area (Å²) in [5, 5.41) is 0. The monoisotopic (exact) mass is 274 g/mol. The topological polar surface area (TPSA) is 0 Å². The van der Waals surface area contributed by atoms with E-state index in [0.29, 0.717) is 6.07 Å². The molecule has 0 fully saturated rings. The summed E-state index contributed by atoms with van der Waals surface area (Å²) in [5.74, 6) is -0.789. The Labute approximate surface area is 85.5 Å². The minimum Gasteiger partial charge on any atom is -0.206 e. The molecule has 0 nitrogen and oxygen atoms in total. The van der Waals surface area contributed by atoms with Gasteiger partial charge in [0.05, 0.1) is 10.5 Å². The number of alkyl halides is 3. The van der Waals surface area contributed by atoms with Crippen molar-refractivity contribution in [2.24, 2.45) is 0 Å². The third-order valence-electron chi connectivity index (χ3n) is 1.37. The Hall–Kier alpha value is -0.230. The van der Waals surface area contributed by atoms with Gasteiger partial charge < -0.3 is 0 Å². The highest BCUT2D eigenvalue weighted by Gasteiger charge is 2.34. The van der Waals surface area contributed by atoms with E-state index in [-0.39, 0.29) is 9.37 Å². The average Bonchev–Trinajstić information content (AvgIpc) is 1.98. The fourth-order valence-electron chi connectivity index (χ4n) is 0.760. The molecule has 0 unspecified atom stereocenters. The second-order valence-corrected chi connectivity index (χ2v) is 3.50. The molecule has 0 bridgehead atoms. The lowest BCUT2D eigenvalue weighted by molar-refractivity contribution is -0.138. The fraction of sp³-hybridized carbons (Fsp3) is 0.143. The van der Waals surface area contributed by atoms with E-state index in [4.69, 9.17) is 0 Å². The first-order valence-electron chi connectivity index (χ1n) is 3.08. The summed E-state index contributed by atoms with van der Waals surface area (Å²) < 4.78 is 48.8. The number of hydrogen-bond donors (Lipinski definition) is 1. The van der Waals surface area contributed by atoms with Crippen molar-refractivity contribution in [2.45, 2.75) is 11.1 Å². The number of rotatable bonds is 0. The van der Waals surface area contributed by atoms with Crippen LogP contribution in [0.15, 0.2) is 21.5 Å². The van der Waals surface area contributed by atoms with E-state index in [2.05, 4.69) is 28.6 Å². The van der Waals surface area contributed by atoms with Crippen molar-refractivity contribution in [1.82, 2.24) is 0 Å². The van der Waals surface area contributed by atoms with Gasteiger partial charge in [-0.05, 0) is 28.1 Å². The maximum atomic E-state index is 12.7. The first-order valence-corrected chi connectivity index (χ1v) is 4.32. The van der Waals surface area contributed by atoms with Gasteiger partial charge in [-0.15, -0.1) is 12.6 Å². The van der Waals surface area contributed by atoms with Crippen LogP contribution in [-0.4, -0.2) is 0 Å². The summed E-state index contributed by atoms with van der Waals surface area (Å²) in [4.78, 5) is -0.338. The van der Waals surface area contributed by atoms with E-state index in [1.54, 1.807) is 0 Å². The smallest absolute Gasteiger partial charge is 0.206 e. The fourth-order valence-corrected chi connectivity index (χ4v) is 1.50. The normalized spacial score (nSPS) is 11.8. The van der Waals surface area contributed by atoms with Crippen molar-refractivity contribution < 1.29 is 17.6 Å². The molecule has 0 saturated heterocycles. The zero-order valence-corrected chi connectivity index (χ0v) is 8.47. The summed E-state index contributed by atoms with van der Waals surface area (Å²) in [7, 11) is 0. The highest BCUT2D eigenvalue weighted by Crippen LogP contribution is 2.38. The van der Waals surface area contributed by atoms with Gasteiger partial charge in [0.1, 0.15) is 5.82 Å². The summed E-state index contributed by atoms with van der Waals surface area (Å²) in [6, 6.07) is 1.40. The Kier molecular flexibility index (Phi) is 2.91. The van der Waals surface area contributed by atoms with Crippen LogP contribution in [0.4, 0.5) is 17.6 Å². The van der Waals surface area contributed by atoms with Gasteiger partial charge in [-0.3, -0.25) is 0 Å². The molecule has 0 spiro atoms. The molecule has 1 rings (SSSR count). The van der Waals surface area contributed by atoms with Crippen LogP contribution in [0.3, 0.4) is 0 Å². The van der Waals surface area contributed by atoms with Gasteiger partial charge in [0.25, 0.3) is 0 Å². The lowest BCUT2D eigenvalue weighted by Gasteiger charge is -2.10. The van der Waals surface area contributed by atoms with Gasteiger partial charge in [0, 0.05) is 4.47 Å². The van der Waals surface area contributed by atoms with Crippen LogP contribution in [0.2, 0.25) is 0 Å². The molecule has 1 aromatic carbocycles. The zero-order valence-electron chi connectivity index (χ0n) is 5.99. The molecule has 0 heterocycles. The van der Waals surface area contributed by atoms with E-state index < -0.39 is 17.6 Å². The second kappa shape index (κ2) is 3.49. The molecule has 0 amide bonds. The van der Waals surface area contributed by atoms with Gasteiger partial charge in [-0.25, -0.2) is 4.39 Å². The maximum Gasteiger partial charge on any atom is 0.417 e. The number of benzene rings is 1. The molecule has 0 atom stereocenters. The molecule has 1 aromatic rings. The SMILES string of the molecule is Fc1ccc(C(F)(F)F)c(Br)c1S. The highest BCUT2D eigenvalue weighted by molar-refractivity contribution is 9.10. The van der Waals surface area contributed by atoms with Crippen molar-refractivity contribution in [3.63, 3.8) is 0 Å². The van der Waals surface area contributed by atoms with E-state index in [0.717, 1.165) is 6.07 Å². The molecule has 0 radical (unpaired) electrons. The zero-order chi connectivity index (χ0) is 10.2. The molecule has 0 saturated carbocycles. The summed E-state index contributed by atoms with van der Waals surface area (Å²) in [6.07, 6.45) is -4.50. The summed E-state index contributed by atoms with van der Waals surface area (Å²) in [6.45, 7) is 0. The van der Waals surface area contributed by atoms with E-state index in [1.807, 2.05) is 0 Å². The van der Waals surface area contributed by atoms with Crippen molar-refractivity contribution in [2.75, 3.05) is 0 Å². The van der Waals surface area contributed by atoms with Crippen LogP contribution < -0.4 is 0 Å². The molecular weight excluding hydrogens is 272 g/mol. The molecule has 0 aliphatic carbocycles. The minimum absolute atomic E-state index is 0.338. The van der Waals surface area contributed by atoms with Crippen molar-refractivity contribution in [3.05, 3.63) is 28.0 Å². The first-order chi connectivity index (χ1) is 5.84. The molecule has 13 heavy (non-hydrogen) atoms. The number of halogens is 5. The minimum atomic E-state index is -4.50. The summed E-state index contributed by atoms with van der Waals surface area (Å²) in [5.41, 5.74) is -0.932. The Morgan fingerprint density at radius 1 is 1.23 bits per heavy atom. The molecule has 72 valence electrons. The summed E-state index contributed by atoms with van der Waals surface area (Å²) >= 11 is 6.22. The molecule has 0 aliphatic rings.